The topological polar surface area (TPSA) is 0 Å². The van der Waals surface area contributed by atoms with Crippen molar-refractivity contribution >= 4 is 22.3 Å². The Kier molecular flexibility index (Phi) is 7.05. The molecule has 0 amide bonds. The average Bonchev–Trinajstić information content (AvgIpc) is 3.38. The summed E-state index contributed by atoms with van der Waals surface area (Å²) < 4.78 is 1.19. The summed E-state index contributed by atoms with van der Waals surface area (Å²) in [6.07, 6.45) is 2.23. The van der Waals surface area contributed by atoms with E-state index in [2.05, 4.69) is 109 Å². The first kappa shape index (κ1) is 24.5. The van der Waals surface area contributed by atoms with E-state index >= 15 is 0 Å². The van der Waals surface area contributed by atoms with Crippen LogP contribution in [0.15, 0.2) is 109 Å². The molecule has 0 saturated carbocycles. The third-order valence-corrected chi connectivity index (χ3v) is 12.1. The normalized spacial score (nSPS) is 19.1. The van der Waals surface area contributed by atoms with Crippen molar-refractivity contribution in [2.45, 2.75) is 20.1 Å². The van der Waals surface area contributed by atoms with E-state index in [4.69, 9.17) is 0 Å². The van der Waals surface area contributed by atoms with E-state index in [1.165, 1.54) is 22.3 Å². The van der Waals surface area contributed by atoms with E-state index in [0.29, 0.717) is 7.25 Å². The molecule has 1 heterocycles. The number of benzene rings is 4. The Morgan fingerprint density at radius 2 is 0.829 bits per heavy atom. The second kappa shape index (κ2) is 10.1. The molecule has 170 valence electrons. The molecule has 7 rings (SSSR count). The Morgan fingerprint density at radius 1 is 0.457 bits per heavy atom. The van der Waals surface area contributed by atoms with Crippen molar-refractivity contribution in [3.63, 3.8) is 0 Å². The van der Waals surface area contributed by atoms with Gasteiger partial charge >= 0.3 is 208 Å². The summed E-state index contributed by atoms with van der Waals surface area (Å²) in [4.78, 5) is 0. The Bertz CT molecular complexity index is 1330. The summed E-state index contributed by atoms with van der Waals surface area (Å²) in [5, 5.41) is 0. The van der Waals surface area contributed by atoms with E-state index < -0.39 is 23.2 Å². The van der Waals surface area contributed by atoms with Gasteiger partial charge in [-0.05, 0) is 0 Å². The molecule has 2 aliphatic carbocycles. The minimum atomic E-state index is -0.955. The van der Waals surface area contributed by atoms with Gasteiger partial charge < -0.3 is 24.8 Å². The summed E-state index contributed by atoms with van der Waals surface area (Å²) >= 11 is -0.955. The van der Waals surface area contributed by atoms with Crippen LogP contribution in [-0.4, -0.2) is 0 Å². The van der Waals surface area contributed by atoms with Gasteiger partial charge in [-0.3, -0.25) is 0 Å². The molecule has 35 heavy (non-hydrogen) atoms. The van der Waals surface area contributed by atoms with Crippen molar-refractivity contribution < 1.29 is 48.0 Å². The van der Waals surface area contributed by atoms with Crippen molar-refractivity contribution in [1.82, 2.24) is 0 Å². The molecular weight excluding hydrogens is 546 g/mol. The molecule has 4 aromatic carbocycles. The van der Waals surface area contributed by atoms with Crippen LogP contribution in [0.25, 0.3) is 22.3 Å². The molecule has 0 saturated heterocycles. The van der Waals surface area contributed by atoms with E-state index in [-0.39, 0.29) is 24.8 Å². The molecule has 4 bridgehead atoms. The molecule has 0 nitrogen and oxygen atoms in total. The van der Waals surface area contributed by atoms with Crippen LogP contribution in [0, 0.1) is 0 Å². The summed E-state index contributed by atoms with van der Waals surface area (Å²) in [6, 6.07) is 41.1. The molecule has 0 spiro atoms. The molecule has 3 aliphatic rings. The van der Waals surface area contributed by atoms with Crippen LogP contribution in [0.2, 0.25) is 0 Å². The monoisotopic (exact) mass is 568 g/mol. The van der Waals surface area contributed by atoms with Crippen molar-refractivity contribution in [3.8, 4) is 0 Å². The number of hydrogen-bond donors (Lipinski definition) is 0. The number of halogens is 2. The van der Waals surface area contributed by atoms with Gasteiger partial charge in [0.1, 0.15) is 0 Å². The Balaban J connectivity index is 0.00000127. The van der Waals surface area contributed by atoms with E-state index in [1.807, 2.05) is 0 Å². The maximum absolute atomic E-state index is 2.42. The first-order chi connectivity index (χ1) is 16.4. The van der Waals surface area contributed by atoms with Crippen molar-refractivity contribution in [2.75, 3.05) is 0 Å². The van der Waals surface area contributed by atoms with Gasteiger partial charge in [0.15, 0.2) is 0 Å². The Labute approximate surface area is 231 Å². The summed E-state index contributed by atoms with van der Waals surface area (Å²) in [6.45, 7) is 0. The third-order valence-electron chi connectivity index (χ3n) is 7.55. The van der Waals surface area contributed by atoms with Gasteiger partial charge in [0, 0.05) is 0 Å². The van der Waals surface area contributed by atoms with Crippen LogP contribution in [0.3, 0.4) is 0 Å². The average molecular weight is 571 g/mol. The van der Waals surface area contributed by atoms with Crippen molar-refractivity contribution in [1.29, 1.82) is 0 Å². The van der Waals surface area contributed by atoms with Gasteiger partial charge in [-0.15, -0.1) is 0 Å². The summed E-state index contributed by atoms with van der Waals surface area (Å²) in [5.41, 5.74) is 15.6. The van der Waals surface area contributed by atoms with E-state index in [1.54, 1.807) is 33.4 Å². The SMILES string of the molecule is [Cl-].[Cl-].c1ccc(C2=C3CCC4=C(c5ccccc5)[CH]([Zr+2][CH]2c2ccccc23)c2ccccc24)cc1. The molecule has 3 heteroatoms. The number of rotatable bonds is 2. The zero-order valence-electron chi connectivity index (χ0n) is 19.2. The fraction of sp³-hybridized carbons (Fsp3) is 0.125. The fourth-order valence-electron chi connectivity index (χ4n) is 6.22. The molecule has 2 unspecified atom stereocenters. The Hall–Kier alpha value is -2.18. The van der Waals surface area contributed by atoms with Crippen LogP contribution >= 0.6 is 0 Å². The number of hydrogen-bond acceptors (Lipinski definition) is 0. The van der Waals surface area contributed by atoms with Crippen LogP contribution in [0.1, 0.15) is 53.5 Å². The molecule has 0 radical (unpaired) electrons. The first-order valence-electron chi connectivity index (χ1n) is 11.9. The number of fused-ring (bicyclic) bond motifs is 8. The van der Waals surface area contributed by atoms with Crippen LogP contribution in [0.4, 0.5) is 0 Å². The zero-order chi connectivity index (χ0) is 21.8. The van der Waals surface area contributed by atoms with Crippen LogP contribution in [0.5, 0.6) is 0 Å². The van der Waals surface area contributed by atoms with Gasteiger partial charge in [-0.25, -0.2) is 0 Å². The standard InChI is InChI=1S/C32H24.2ClH.Zr/c1-3-11-23(12-4-1)31-21-25-15-7-9-17-27(25)29(31)19-20-30-28-18-10-8-16-26(28)22-32(30)24-13-5-2-6-14-24;;;/h1-18,21-22H,19-20H2;2*1H;/q;;;+2/p-2. The maximum atomic E-state index is 2.42. The van der Waals surface area contributed by atoms with Gasteiger partial charge in [0.05, 0.1) is 0 Å². The molecule has 0 aromatic heterocycles. The van der Waals surface area contributed by atoms with Crippen molar-refractivity contribution in [2.24, 2.45) is 0 Å². The van der Waals surface area contributed by atoms with Gasteiger partial charge in [0.25, 0.3) is 0 Å². The second-order valence-electron chi connectivity index (χ2n) is 9.22. The molecule has 1 aliphatic heterocycles. The van der Waals surface area contributed by atoms with Gasteiger partial charge in [0.2, 0.25) is 0 Å². The molecular formula is C32H24Cl2Zr. The molecule has 4 aromatic rings. The molecule has 0 N–H and O–H groups in total. The van der Waals surface area contributed by atoms with Gasteiger partial charge in [-0.1, -0.05) is 0 Å². The predicted octanol–water partition coefficient (Wildman–Crippen LogP) is 2.20. The second-order valence-corrected chi connectivity index (χ2v) is 12.9. The third kappa shape index (κ3) is 3.93. The Morgan fingerprint density at radius 3 is 1.26 bits per heavy atom. The summed E-state index contributed by atoms with van der Waals surface area (Å²) in [7, 11) is 0. The quantitative estimate of drug-likeness (QED) is 0.347. The zero-order valence-corrected chi connectivity index (χ0v) is 23.2. The minimum absolute atomic E-state index is 0. The van der Waals surface area contributed by atoms with E-state index in [0.717, 1.165) is 12.8 Å². The predicted molar refractivity (Wildman–Crippen MR) is 134 cm³/mol. The van der Waals surface area contributed by atoms with E-state index in [9.17, 15) is 0 Å². The van der Waals surface area contributed by atoms with Gasteiger partial charge in [-0.2, -0.15) is 0 Å². The summed E-state index contributed by atoms with van der Waals surface area (Å²) in [5.74, 6) is 0. The molecule has 0 fully saturated rings. The first-order valence-corrected chi connectivity index (χ1v) is 14.8. The van der Waals surface area contributed by atoms with Crippen molar-refractivity contribution in [3.05, 3.63) is 143 Å². The molecule has 2 atom stereocenters. The fourth-order valence-corrected chi connectivity index (χ4v) is 11.7. The van der Waals surface area contributed by atoms with Crippen LogP contribution < -0.4 is 24.8 Å². The van der Waals surface area contributed by atoms with Crippen LogP contribution in [-0.2, 0) is 23.2 Å². The number of allylic oxidation sites excluding steroid dienone is 4.